The van der Waals surface area contributed by atoms with Gasteiger partial charge >= 0.3 is 0 Å². The third-order valence-corrected chi connectivity index (χ3v) is 3.46. The Morgan fingerprint density at radius 2 is 2.11 bits per heavy atom. The molecule has 1 heterocycles. The SMILES string of the molecule is COCC(C)N(C)c1c(CN)cnc2ccccc12. The van der Waals surface area contributed by atoms with Crippen molar-refractivity contribution >= 4 is 16.6 Å². The maximum Gasteiger partial charge on any atom is 0.0723 e. The Kier molecular flexibility index (Phi) is 4.35. The van der Waals surface area contributed by atoms with E-state index in [0.29, 0.717) is 13.2 Å². The standard InChI is InChI=1S/C15H21N3O/c1-11(10-19-3)18(2)15-12(8-16)9-17-14-7-5-4-6-13(14)15/h4-7,9,11H,8,10,16H2,1-3H3. The number of pyridine rings is 1. The number of rotatable bonds is 5. The molecule has 102 valence electrons. The van der Waals surface area contributed by atoms with E-state index in [2.05, 4.69) is 29.9 Å². The van der Waals surface area contributed by atoms with Gasteiger partial charge in [0.15, 0.2) is 0 Å². The number of hydrogen-bond acceptors (Lipinski definition) is 4. The lowest BCUT2D eigenvalue weighted by Crippen LogP contribution is -2.33. The molecule has 1 unspecified atom stereocenters. The zero-order chi connectivity index (χ0) is 13.8. The van der Waals surface area contributed by atoms with Crippen LogP contribution in [-0.4, -0.2) is 31.8 Å². The number of hydrogen-bond donors (Lipinski definition) is 1. The van der Waals surface area contributed by atoms with Crippen molar-refractivity contribution in [1.82, 2.24) is 4.98 Å². The van der Waals surface area contributed by atoms with Crippen LogP contribution in [0.5, 0.6) is 0 Å². The number of methoxy groups -OCH3 is 1. The molecule has 0 amide bonds. The Morgan fingerprint density at radius 1 is 1.37 bits per heavy atom. The van der Waals surface area contributed by atoms with Gasteiger partial charge in [0.25, 0.3) is 0 Å². The van der Waals surface area contributed by atoms with Gasteiger partial charge in [-0.05, 0) is 13.0 Å². The maximum atomic E-state index is 5.86. The Labute approximate surface area is 114 Å². The highest BCUT2D eigenvalue weighted by Gasteiger charge is 2.16. The van der Waals surface area contributed by atoms with Crippen LogP contribution < -0.4 is 10.6 Å². The average molecular weight is 259 g/mol. The summed E-state index contributed by atoms with van der Waals surface area (Å²) in [5.41, 5.74) is 9.06. The van der Waals surface area contributed by atoms with E-state index in [9.17, 15) is 0 Å². The van der Waals surface area contributed by atoms with Gasteiger partial charge in [-0.25, -0.2) is 0 Å². The molecule has 0 fully saturated rings. The van der Waals surface area contributed by atoms with Gasteiger partial charge in [-0.3, -0.25) is 4.98 Å². The topological polar surface area (TPSA) is 51.4 Å². The van der Waals surface area contributed by atoms with E-state index >= 15 is 0 Å². The Hall–Kier alpha value is -1.65. The minimum absolute atomic E-state index is 0.279. The molecule has 0 bridgehead atoms. The second-order valence-electron chi connectivity index (χ2n) is 4.77. The summed E-state index contributed by atoms with van der Waals surface area (Å²) in [6.45, 7) is 3.30. The van der Waals surface area contributed by atoms with Gasteiger partial charge in [0.2, 0.25) is 0 Å². The molecule has 0 saturated heterocycles. The predicted octanol–water partition coefficient (Wildman–Crippen LogP) is 2.16. The first-order valence-corrected chi connectivity index (χ1v) is 6.47. The van der Waals surface area contributed by atoms with Crippen LogP contribution in [0, 0.1) is 0 Å². The van der Waals surface area contributed by atoms with E-state index in [0.717, 1.165) is 22.2 Å². The molecule has 1 atom stereocenters. The Bertz CT molecular complexity index is 556. The molecule has 0 aliphatic carbocycles. The molecule has 2 N–H and O–H groups in total. The number of para-hydroxylation sites is 1. The molecule has 1 aromatic heterocycles. The summed E-state index contributed by atoms with van der Waals surface area (Å²) in [7, 11) is 3.80. The summed E-state index contributed by atoms with van der Waals surface area (Å²) in [6.07, 6.45) is 1.87. The third kappa shape index (κ3) is 2.69. The molecule has 0 saturated carbocycles. The molecule has 19 heavy (non-hydrogen) atoms. The fourth-order valence-corrected chi connectivity index (χ4v) is 2.31. The quantitative estimate of drug-likeness (QED) is 0.894. The van der Waals surface area contributed by atoms with Crippen molar-refractivity contribution in [2.75, 3.05) is 25.7 Å². The summed E-state index contributed by atoms with van der Waals surface area (Å²) in [5.74, 6) is 0. The largest absolute Gasteiger partial charge is 0.383 e. The number of benzene rings is 1. The first-order chi connectivity index (χ1) is 9.19. The van der Waals surface area contributed by atoms with Crippen LogP contribution >= 0.6 is 0 Å². The van der Waals surface area contributed by atoms with Crippen LogP contribution in [0.4, 0.5) is 5.69 Å². The van der Waals surface area contributed by atoms with Gasteiger partial charge in [0.1, 0.15) is 0 Å². The number of ether oxygens (including phenoxy) is 1. The van der Waals surface area contributed by atoms with Crippen molar-refractivity contribution in [1.29, 1.82) is 0 Å². The van der Waals surface area contributed by atoms with Gasteiger partial charge in [-0.15, -0.1) is 0 Å². The van der Waals surface area contributed by atoms with Crippen LogP contribution in [0.1, 0.15) is 12.5 Å². The zero-order valence-corrected chi connectivity index (χ0v) is 11.8. The highest BCUT2D eigenvalue weighted by molar-refractivity contribution is 5.93. The highest BCUT2D eigenvalue weighted by atomic mass is 16.5. The predicted molar refractivity (Wildman–Crippen MR) is 79.4 cm³/mol. The number of nitrogens with two attached hydrogens (primary N) is 1. The summed E-state index contributed by atoms with van der Waals surface area (Å²) in [5, 5.41) is 1.14. The fraction of sp³-hybridized carbons (Fsp3) is 0.400. The molecule has 0 aliphatic heterocycles. The van der Waals surface area contributed by atoms with E-state index in [1.54, 1.807) is 7.11 Å². The zero-order valence-electron chi connectivity index (χ0n) is 11.8. The maximum absolute atomic E-state index is 5.86. The average Bonchev–Trinajstić information content (AvgIpc) is 2.45. The minimum Gasteiger partial charge on any atom is -0.383 e. The second kappa shape index (κ2) is 5.99. The lowest BCUT2D eigenvalue weighted by molar-refractivity contribution is 0.183. The Balaban J connectivity index is 2.55. The number of nitrogens with zero attached hydrogens (tertiary/aromatic N) is 2. The second-order valence-corrected chi connectivity index (χ2v) is 4.77. The highest BCUT2D eigenvalue weighted by Crippen LogP contribution is 2.29. The molecule has 0 aliphatic rings. The summed E-state index contributed by atoms with van der Waals surface area (Å²) >= 11 is 0. The molecule has 2 aromatic rings. The minimum atomic E-state index is 0.279. The molecular formula is C15H21N3O. The van der Waals surface area contributed by atoms with Crippen molar-refractivity contribution < 1.29 is 4.74 Å². The van der Waals surface area contributed by atoms with Crippen molar-refractivity contribution in [3.8, 4) is 0 Å². The molecule has 4 heteroatoms. The van der Waals surface area contributed by atoms with Crippen molar-refractivity contribution in [3.05, 3.63) is 36.0 Å². The van der Waals surface area contributed by atoms with Gasteiger partial charge in [-0.2, -0.15) is 0 Å². The lowest BCUT2D eigenvalue weighted by Gasteiger charge is -2.29. The van der Waals surface area contributed by atoms with Crippen molar-refractivity contribution in [2.45, 2.75) is 19.5 Å². The smallest absolute Gasteiger partial charge is 0.0723 e. The normalized spacial score (nSPS) is 12.6. The van der Waals surface area contributed by atoms with Gasteiger partial charge in [0, 0.05) is 43.9 Å². The molecule has 0 spiro atoms. The third-order valence-electron chi connectivity index (χ3n) is 3.46. The number of fused-ring (bicyclic) bond motifs is 1. The van der Waals surface area contributed by atoms with Crippen molar-refractivity contribution in [3.63, 3.8) is 0 Å². The monoisotopic (exact) mass is 259 g/mol. The van der Waals surface area contributed by atoms with Gasteiger partial charge in [-0.1, -0.05) is 18.2 Å². The van der Waals surface area contributed by atoms with E-state index in [4.69, 9.17) is 10.5 Å². The number of aromatic nitrogens is 1. The Morgan fingerprint density at radius 3 is 2.79 bits per heavy atom. The summed E-state index contributed by atoms with van der Waals surface area (Å²) < 4.78 is 5.24. The first kappa shape index (κ1) is 13.8. The van der Waals surface area contributed by atoms with Gasteiger partial charge < -0.3 is 15.4 Å². The van der Waals surface area contributed by atoms with E-state index < -0.39 is 0 Å². The molecular weight excluding hydrogens is 238 g/mol. The molecule has 2 rings (SSSR count). The lowest BCUT2D eigenvalue weighted by atomic mass is 10.1. The van der Waals surface area contributed by atoms with Crippen LogP contribution in [0.2, 0.25) is 0 Å². The molecule has 4 nitrogen and oxygen atoms in total. The fourth-order valence-electron chi connectivity index (χ4n) is 2.31. The summed E-state index contributed by atoms with van der Waals surface area (Å²) in [6, 6.07) is 8.42. The van der Waals surface area contributed by atoms with E-state index in [-0.39, 0.29) is 6.04 Å². The van der Waals surface area contributed by atoms with Crippen LogP contribution in [0.25, 0.3) is 10.9 Å². The van der Waals surface area contributed by atoms with E-state index in [1.807, 2.05) is 24.4 Å². The van der Waals surface area contributed by atoms with Crippen molar-refractivity contribution in [2.24, 2.45) is 5.73 Å². The number of anilines is 1. The first-order valence-electron chi connectivity index (χ1n) is 6.47. The van der Waals surface area contributed by atoms with Gasteiger partial charge in [0.05, 0.1) is 17.8 Å². The number of likely N-dealkylation sites (N-methyl/N-ethyl adjacent to an activating group) is 1. The summed E-state index contributed by atoms with van der Waals surface area (Å²) in [4.78, 5) is 6.68. The molecule has 0 radical (unpaired) electrons. The van der Waals surface area contributed by atoms with Crippen LogP contribution in [-0.2, 0) is 11.3 Å². The van der Waals surface area contributed by atoms with Crippen LogP contribution in [0.15, 0.2) is 30.5 Å². The van der Waals surface area contributed by atoms with E-state index in [1.165, 1.54) is 0 Å². The molecule has 1 aromatic carbocycles. The van der Waals surface area contributed by atoms with Crippen LogP contribution in [0.3, 0.4) is 0 Å².